The van der Waals surface area contributed by atoms with E-state index in [2.05, 4.69) is 0 Å². The van der Waals surface area contributed by atoms with Crippen LogP contribution in [0.25, 0.3) is 0 Å². The highest BCUT2D eigenvalue weighted by Crippen LogP contribution is 2.72. The maximum atomic E-state index is 17.2. The number of aliphatic hydroxyl groups excluding tert-OH is 1. The van der Waals surface area contributed by atoms with Crippen molar-refractivity contribution in [2.24, 2.45) is 28.6 Å². The molecule has 188 valence electrons. The monoisotopic (exact) mass is 500 g/mol. The van der Waals surface area contributed by atoms with E-state index < -0.39 is 75.0 Å². The Hall–Kier alpha value is -1.61. The molecule has 0 bridgehead atoms. The van der Waals surface area contributed by atoms with E-state index in [0.29, 0.717) is 11.8 Å². The zero-order valence-corrected chi connectivity index (χ0v) is 20.6. The van der Waals surface area contributed by atoms with Crippen LogP contribution in [0.4, 0.5) is 13.2 Å². The van der Waals surface area contributed by atoms with Crippen molar-refractivity contribution in [1.82, 2.24) is 0 Å². The Morgan fingerprint density at radius 2 is 1.94 bits per heavy atom. The third-order valence-electron chi connectivity index (χ3n) is 9.22. The zero-order valence-electron chi connectivity index (χ0n) is 19.8. The van der Waals surface area contributed by atoms with Crippen molar-refractivity contribution in [3.05, 3.63) is 23.8 Å². The number of hydrogen-bond donors (Lipinski definition) is 1. The summed E-state index contributed by atoms with van der Waals surface area (Å²) < 4.78 is 51.8. The molecule has 9 heteroatoms. The summed E-state index contributed by atoms with van der Waals surface area (Å²) in [6.45, 7) is 6.45. The molecule has 4 rings (SSSR count). The van der Waals surface area contributed by atoms with Crippen LogP contribution in [0.3, 0.4) is 0 Å². The number of rotatable bonds is 4. The largest absolute Gasteiger partial charge is 0.449 e. The molecule has 34 heavy (non-hydrogen) atoms. The minimum atomic E-state index is -2.30. The van der Waals surface area contributed by atoms with Gasteiger partial charge in [-0.3, -0.25) is 14.4 Å². The van der Waals surface area contributed by atoms with Crippen molar-refractivity contribution >= 4 is 28.6 Å². The van der Waals surface area contributed by atoms with Gasteiger partial charge in [0.15, 0.2) is 17.1 Å². The molecule has 0 spiro atoms. The summed E-state index contributed by atoms with van der Waals surface area (Å²) in [6, 6.07) is -1.02. The molecule has 5 nitrogen and oxygen atoms in total. The molecule has 0 aromatic rings. The first-order valence-electron chi connectivity index (χ1n) is 11.7. The lowest BCUT2D eigenvalue weighted by atomic mass is 9.44. The highest BCUT2D eigenvalue weighted by atomic mass is 32.2. The normalized spacial score (nSPS) is 47.4. The van der Waals surface area contributed by atoms with Crippen LogP contribution in [-0.4, -0.2) is 51.5 Å². The smallest absolute Gasteiger partial charge is 0.306 e. The summed E-state index contributed by atoms with van der Waals surface area (Å²) >= 11 is 0.396. The molecular formula is C25H31F3O5S. The molecule has 0 unspecified atom stereocenters. The van der Waals surface area contributed by atoms with Gasteiger partial charge in [0, 0.05) is 29.1 Å². The lowest BCUT2D eigenvalue weighted by Gasteiger charge is -2.63. The number of carbonyl (C=O) groups excluding carboxylic acids is 3. The van der Waals surface area contributed by atoms with Crippen molar-refractivity contribution in [2.45, 2.75) is 76.9 Å². The summed E-state index contributed by atoms with van der Waals surface area (Å²) in [5, 5.41) is 10.7. The Labute approximate surface area is 201 Å². The molecule has 4 aliphatic rings. The molecule has 3 saturated carbocycles. The molecule has 0 aromatic heterocycles. The van der Waals surface area contributed by atoms with Gasteiger partial charge in [-0.1, -0.05) is 26.8 Å². The van der Waals surface area contributed by atoms with E-state index in [1.807, 2.05) is 0 Å². The van der Waals surface area contributed by atoms with Gasteiger partial charge < -0.3 is 9.84 Å². The highest BCUT2D eigenvalue weighted by molar-refractivity contribution is 8.13. The Morgan fingerprint density at radius 1 is 1.26 bits per heavy atom. The Morgan fingerprint density at radius 3 is 2.56 bits per heavy atom. The van der Waals surface area contributed by atoms with Gasteiger partial charge in [0.05, 0.1) is 6.10 Å². The van der Waals surface area contributed by atoms with Crippen LogP contribution < -0.4 is 0 Å². The molecule has 0 amide bonds. The zero-order chi connectivity index (χ0) is 25.3. The summed E-state index contributed by atoms with van der Waals surface area (Å²) in [5.74, 6) is -3.30. The predicted octanol–water partition coefficient (Wildman–Crippen LogP) is 4.43. The molecule has 1 N–H and O–H groups in total. The van der Waals surface area contributed by atoms with E-state index in [4.69, 9.17) is 4.74 Å². The van der Waals surface area contributed by atoms with Crippen molar-refractivity contribution in [1.29, 1.82) is 0 Å². The van der Waals surface area contributed by atoms with Gasteiger partial charge in [-0.25, -0.2) is 13.2 Å². The number of alkyl halides is 3. The SMILES string of the molecule is CCC(=O)O[C@@]1(C(=O)SCF)[C@H](C)C[C@H]2[C@@H]3C[C@H](F)C4=CC(=O)C=C[C@]4(C)[C@@]3(F)[C@@H](O)C[C@@]21C. The molecule has 0 heterocycles. The van der Waals surface area contributed by atoms with Crippen LogP contribution in [0.2, 0.25) is 0 Å². The predicted molar refractivity (Wildman–Crippen MR) is 121 cm³/mol. The molecule has 0 saturated heterocycles. The van der Waals surface area contributed by atoms with Crippen LogP contribution in [0.1, 0.15) is 53.4 Å². The number of fused-ring (bicyclic) bond motifs is 5. The number of ether oxygens (including phenoxy) is 1. The van der Waals surface area contributed by atoms with Gasteiger partial charge in [0.1, 0.15) is 12.2 Å². The fourth-order valence-corrected chi connectivity index (χ4v) is 8.42. The van der Waals surface area contributed by atoms with Gasteiger partial charge in [0.25, 0.3) is 0 Å². The fourth-order valence-electron chi connectivity index (χ4n) is 7.63. The standard InChI is InChI=1S/C25H31F3O5S/c1-5-20(31)33-25(21(32)34-12-26)13(2)8-15-16-10-18(27)17-9-14(29)6-7-22(17,3)24(16,28)19(30)11-23(15,25)4/h6-7,9,13,15-16,18-19,30H,5,8,10-12H2,1-4H3/t13-,15+,16+,18+,19+,22+,23+,24+,25-/m1/s1. The first-order valence-corrected chi connectivity index (χ1v) is 12.7. The van der Waals surface area contributed by atoms with E-state index in [9.17, 15) is 23.9 Å². The highest BCUT2D eigenvalue weighted by Gasteiger charge is 2.78. The first kappa shape index (κ1) is 25.5. The van der Waals surface area contributed by atoms with Gasteiger partial charge in [-0.2, -0.15) is 0 Å². The second-order valence-electron chi connectivity index (χ2n) is 10.6. The molecule has 4 aliphatic carbocycles. The number of halogens is 3. The number of esters is 1. The van der Waals surface area contributed by atoms with Crippen LogP contribution in [0.5, 0.6) is 0 Å². The van der Waals surface area contributed by atoms with Gasteiger partial charge in [-0.05, 0) is 61.6 Å². The van der Waals surface area contributed by atoms with E-state index in [1.54, 1.807) is 20.8 Å². The second kappa shape index (κ2) is 8.22. The van der Waals surface area contributed by atoms with Crippen LogP contribution in [0, 0.1) is 28.6 Å². The molecular weight excluding hydrogens is 469 g/mol. The Kier molecular flexibility index (Phi) is 6.16. The maximum Gasteiger partial charge on any atom is 0.306 e. The number of ketones is 1. The molecule has 3 fully saturated rings. The van der Waals surface area contributed by atoms with Gasteiger partial charge in [-0.15, -0.1) is 0 Å². The fraction of sp³-hybridized carbons (Fsp3) is 0.720. The van der Waals surface area contributed by atoms with Crippen molar-refractivity contribution in [3.8, 4) is 0 Å². The lowest BCUT2D eigenvalue weighted by molar-refractivity contribution is -0.228. The third kappa shape index (κ3) is 3.01. The van der Waals surface area contributed by atoms with Crippen LogP contribution in [-0.2, 0) is 19.1 Å². The molecule has 0 radical (unpaired) electrons. The summed E-state index contributed by atoms with van der Waals surface area (Å²) in [5.41, 5.74) is -6.84. The molecule has 0 aromatic carbocycles. The molecule has 9 atom stereocenters. The van der Waals surface area contributed by atoms with Crippen molar-refractivity contribution < 1.29 is 37.4 Å². The molecule has 0 aliphatic heterocycles. The van der Waals surface area contributed by atoms with E-state index in [1.165, 1.54) is 19.1 Å². The lowest BCUT2D eigenvalue weighted by Crippen LogP contribution is -2.70. The van der Waals surface area contributed by atoms with Crippen LogP contribution in [0.15, 0.2) is 23.8 Å². The summed E-state index contributed by atoms with van der Waals surface area (Å²) in [4.78, 5) is 37.8. The number of carbonyl (C=O) groups is 3. The van der Waals surface area contributed by atoms with Gasteiger partial charge >= 0.3 is 5.97 Å². The van der Waals surface area contributed by atoms with Crippen LogP contribution >= 0.6 is 11.8 Å². The van der Waals surface area contributed by atoms with E-state index in [-0.39, 0.29) is 31.3 Å². The number of allylic oxidation sites excluding steroid dienone is 4. The summed E-state index contributed by atoms with van der Waals surface area (Å²) in [7, 11) is 0. The quantitative estimate of drug-likeness (QED) is 0.576. The first-order chi connectivity index (χ1) is 15.8. The van der Waals surface area contributed by atoms with Crippen molar-refractivity contribution in [2.75, 3.05) is 6.01 Å². The number of aliphatic hydroxyl groups is 1. The minimum Gasteiger partial charge on any atom is -0.449 e. The topological polar surface area (TPSA) is 80.7 Å². The van der Waals surface area contributed by atoms with Crippen molar-refractivity contribution in [3.63, 3.8) is 0 Å². The Bertz CT molecular complexity index is 984. The average Bonchev–Trinajstić information content (AvgIpc) is 2.99. The second-order valence-corrected chi connectivity index (χ2v) is 11.5. The van der Waals surface area contributed by atoms with E-state index in [0.717, 1.165) is 6.08 Å². The number of thioether (sulfide) groups is 1. The average molecular weight is 501 g/mol. The third-order valence-corrected chi connectivity index (χ3v) is 9.90. The minimum absolute atomic E-state index is 0.0141. The summed E-state index contributed by atoms with van der Waals surface area (Å²) in [6.07, 6.45) is 0.160. The Balaban J connectivity index is 1.87. The van der Waals surface area contributed by atoms with E-state index >= 15 is 8.78 Å². The van der Waals surface area contributed by atoms with Gasteiger partial charge in [0.2, 0.25) is 5.12 Å². The maximum absolute atomic E-state index is 17.2. The number of hydrogen-bond acceptors (Lipinski definition) is 6.